The Morgan fingerprint density at radius 3 is 2.53 bits per heavy atom. The molecule has 0 aliphatic carbocycles. The Bertz CT molecular complexity index is 312. The highest BCUT2D eigenvalue weighted by Gasteiger charge is 1.93. The Labute approximate surface area is 91.2 Å². The molecule has 0 bridgehead atoms. The van der Waals surface area contributed by atoms with Gasteiger partial charge in [0.15, 0.2) is 0 Å². The summed E-state index contributed by atoms with van der Waals surface area (Å²) < 4.78 is 5.47. The van der Waals surface area contributed by atoms with Gasteiger partial charge in [0.2, 0.25) is 0 Å². The normalized spacial score (nSPS) is 11.5. The first-order valence-corrected chi connectivity index (χ1v) is 5.27. The van der Waals surface area contributed by atoms with Crippen molar-refractivity contribution in [2.24, 2.45) is 0 Å². The molecule has 0 aliphatic heterocycles. The first-order valence-electron chi connectivity index (χ1n) is 5.27. The fourth-order valence-electron chi connectivity index (χ4n) is 1.21. The Morgan fingerprint density at radius 2 is 2.00 bits per heavy atom. The van der Waals surface area contributed by atoms with E-state index in [1.807, 2.05) is 37.3 Å². The van der Waals surface area contributed by atoms with Gasteiger partial charge in [-0.05, 0) is 36.6 Å². The Hall–Kier alpha value is -1.28. The van der Waals surface area contributed by atoms with Crippen LogP contribution in [0.1, 0.15) is 25.8 Å². The van der Waals surface area contributed by atoms with E-state index in [0.717, 1.165) is 29.9 Å². The van der Waals surface area contributed by atoms with Gasteiger partial charge < -0.3 is 9.84 Å². The molecule has 0 unspecified atom stereocenters. The lowest BCUT2D eigenvalue weighted by atomic mass is 10.1. The fraction of sp³-hybridized carbons (Fsp3) is 0.385. The zero-order chi connectivity index (χ0) is 11.1. The molecule has 15 heavy (non-hydrogen) atoms. The summed E-state index contributed by atoms with van der Waals surface area (Å²) in [7, 11) is 0. The van der Waals surface area contributed by atoms with E-state index in [2.05, 4.69) is 6.92 Å². The highest BCUT2D eigenvalue weighted by Crippen LogP contribution is 2.14. The number of aliphatic hydroxyl groups is 1. The molecule has 1 aromatic rings. The SMILES string of the molecule is CCCOc1ccc(C=C(C)CO)cc1. The zero-order valence-corrected chi connectivity index (χ0v) is 9.36. The Morgan fingerprint density at radius 1 is 1.33 bits per heavy atom. The molecule has 0 aliphatic rings. The number of aliphatic hydroxyl groups excluding tert-OH is 1. The second-order valence-corrected chi connectivity index (χ2v) is 3.57. The molecular formula is C13H18O2. The average molecular weight is 206 g/mol. The van der Waals surface area contributed by atoms with E-state index in [9.17, 15) is 0 Å². The van der Waals surface area contributed by atoms with E-state index in [-0.39, 0.29) is 6.61 Å². The van der Waals surface area contributed by atoms with Gasteiger partial charge in [0, 0.05) is 0 Å². The van der Waals surface area contributed by atoms with Crippen LogP contribution in [0.25, 0.3) is 6.08 Å². The van der Waals surface area contributed by atoms with Crippen LogP contribution in [0, 0.1) is 0 Å². The van der Waals surface area contributed by atoms with Crippen molar-refractivity contribution in [2.45, 2.75) is 20.3 Å². The molecule has 1 N–H and O–H groups in total. The zero-order valence-electron chi connectivity index (χ0n) is 9.36. The lowest BCUT2D eigenvalue weighted by Crippen LogP contribution is -1.94. The fourth-order valence-corrected chi connectivity index (χ4v) is 1.21. The van der Waals surface area contributed by atoms with Crippen molar-refractivity contribution in [3.63, 3.8) is 0 Å². The molecule has 1 aromatic carbocycles. The van der Waals surface area contributed by atoms with Gasteiger partial charge in [-0.1, -0.05) is 25.1 Å². The lowest BCUT2D eigenvalue weighted by Gasteiger charge is -2.04. The van der Waals surface area contributed by atoms with Crippen LogP contribution in [-0.2, 0) is 0 Å². The van der Waals surface area contributed by atoms with Crippen LogP contribution in [0.4, 0.5) is 0 Å². The van der Waals surface area contributed by atoms with Gasteiger partial charge in [-0.2, -0.15) is 0 Å². The number of ether oxygens (including phenoxy) is 1. The monoisotopic (exact) mass is 206 g/mol. The van der Waals surface area contributed by atoms with Crippen molar-refractivity contribution in [3.8, 4) is 5.75 Å². The second kappa shape index (κ2) is 6.25. The van der Waals surface area contributed by atoms with Crippen molar-refractivity contribution in [3.05, 3.63) is 35.4 Å². The number of benzene rings is 1. The van der Waals surface area contributed by atoms with Crippen LogP contribution in [0.3, 0.4) is 0 Å². The summed E-state index contributed by atoms with van der Waals surface area (Å²) in [5.74, 6) is 0.899. The summed E-state index contributed by atoms with van der Waals surface area (Å²) in [4.78, 5) is 0. The third-order valence-electron chi connectivity index (χ3n) is 2.02. The van der Waals surface area contributed by atoms with Gasteiger partial charge in [-0.25, -0.2) is 0 Å². The number of hydrogen-bond donors (Lipinski definition) is 1. The first kappa shape index (κ1) is 11.8. The van der Waals surface area contributed by atoms with E-state index in [0.29, 0.717) is 0 Å². The third-order valence-corrected chi connectivity index (χ3v) is 2.02. The quantitative estimate of drug-likeness (QED) is 0.802. The van der Waals surface area contributed by atoms with Crippen LogP contribution in [0.2, 0.25) is 0 Å². The predicted octanol–water partition coefficient (Wildman–Crippen LogP) is 2.87. The largest absolute Gasteiger partial charge is 0.494 e. The molecule has 0 radical (unpaired) electrons. The molecule has 0 saturated carbocycles. The second-order valence-electron chi connectivity index (χ2n) is 3.57. The lowest BCUT2D eigenvalue weighted by molar-refractivity contribution is 0.317. The maximum Gasteiger partial charge on any atom is 0.119 e. The maximum atomic E-state index is 8.87. The molecule has 1 rings (SSSR count). The predicted molar refractivity (Wildman–Crippen MR) is 63.0 cm³/mol. The topological polar surface area (TPSA) is 29.5 Å². The summed E-state index contributed by atoms with van der Waals surface area (Å²) in [6, 6.07) is 7.88. The molecule has 0 spiro atoms. The summed E-state index contributed by atoms with van der Waals surface area (Å²) >= 11 is 0. The van der Waals surface area contributed by atoms with Crippen molar-refractivity contribution in [2.75, 3.05) is 13.2 Å². The molecule has 0 aromatic heterocycles. The van der Waals surface area contributed by atoms with Crippen LogP contribution < -0.4 is 4.74 Å². The van der Waals surface area contributed by atoms with Gasteiger partial charge >= 0.3 is 0 Å². The van der Waals surface area contributed by atoms with Gasteiger partial charge in [0.25, 0.3) is 0 Å². The smallest absolute Gasteiger partial charge is 0.119 e. The standard InChI is InChI=1S/C13H18O2/c1-3-8-15-13-6-4-12(5-7-13)9-11(2)10-14/h4-7,9,14H,3,8,10H2,1-2H3. The summed E-state index contributed by atoms with van der Waals surface area (Å²) in [5, 5.41) is 8.87. The molecule has 0 fully saturated rings. The molecule has 0 heterocycles. The van der Waals surface area contributed by atoms with Crippen LogP contribution in [-0.4, -0.2) is 18.3 Å². The molecular weight excluding hydrogens is 188 g/mol. The Kier molecular flexibility index (Phi) is 4.91. The number of hydrogen-bond acceptors (Lipinski definition) is 2. The van der Waals surface area contributed by atoms with E-state index in [1.54, 1.807) is 0 Å². The molecule has 82 valence electrons. The molecule has 0 atom stereocenters. The minimum absolute atomic E-state index is 0.105. The van der Waals surface area contributed by atoms with E-state index in [4.69, 9.17) is 9.84 Å². The van der Waals surface area contributed by atoms with E-state index >= 15 is 0 Å². The van der Waals surface area contributed by atoms with Gasteiger partial charge in [-0.3, -0.25) is 0 Å². The minimum atomic E-state index is 0.105. The van der Waals surface area contributed by atoms with Crippen LogP contribution in [0.5, 0.6) is 5.75 Å². The van der Waals surface area contributed by atoms with E-state index in [1.165, 1.54) is 0 Å². The summed E-state index contributed by atoms with van der Waals surface area (Å²) in [6.45, 7) is 4.85. The van der Waals surface area contributed by atoms with Gasteiger partial charge in [0.1, 0.15) is 5.75 Å². The van der Waals surface area contributed by atoms with Crippen LogP contribution in [0.15, 0.2) is 29.8 Å². The average Bonchev–Trinajstić information content (AvgIpc) is 2.28. The molecule has 2 heteroatoms. The highest BCUT2D eigenvalue weighted by molar-refractivity contribution is 5.53. The molecule has 2 nitrogen and oxygen atoms in total. The highest BCUT2D eigenvalue weighted by atomic mass is 16.5. The van der Waals surface area contributed by atoms with Crippen molar-refractivity contribution >= 4 is 6.08 Å². The molecule has 0 saturated heterocycles. The third kappa shape index (κ3) is 4.17. The summed E-state index contributed by atoms with van der Waals surface area (Å²) in [5.41, 5.74) is 2.04. The van der Waals surface area contributed by atoms with Gasteiger partial charge in [-0.15, -0.1) is 0 Å². The van der Waals surface area contributed by atoms with Crippen molar-refractivity contribution in [1.29, 1.82) is 0 Å². The molecule has 0 amide bonds. The van der Waals surface area contributed by atoms with Crippen molar-refractivity contribution < 1.29 is 9.84 Å². The van der Waals surface area contributed by atoms with Crippen LogP contribution >= 0.6 is 0 Å². The maximum absolute atomic E-state index is 8.87. The van der Waals surface area contributed by atoms with Crippen molar-refractivity contribution in [1.82, 2.24) is 0 Å². The minimum Gasteiger partial charge on any atom is -0.494 e. The Balaban J connectivity index is 2.64. The summed E-state index contributed by atoms with van der Waals surface area (Å²) in [6.07, 6.45) is 2.98. The van der Waals surface area contributed by atoms with E-state index < -0.39 is 0 Å². The first-order chi connectivity index (χ1) is 7.26. The van der Waals surface area contributed by atoms with Gasteiger partial charge in [0.05, 0.1) is 13.2 Å². The number of rotatable bonds is 5.